The molecule has 3 amide bonds. The summed E-state index contributed by atoms with van der Waals surface area (Å²) in [6, 6.07) is 23.9. The van der Waals surface area contributed by atoms with Gasteiger partial charge in [-0.25, -0.2) is 14.6 Å². The number of nitrogens with zero attached hydrogens (tertiary/aromatic N) is 2. The number of para-hydroxylation sites is 2. The Bertz CT molecular complexity index is 1580. The average molecular weight is 612 g/mol. The maximum atomic E-state index is 14.0. The Morgan fingerprint density at radius 3 is 2.42 bits per heavy atom. The van der Waals surface area contributed by atoms with E-state index in [1.54, 1.807) is 0 Å². The molecule has 0 saturated heterocycles. The zero-order valence-electron chi connectivity index (χ0n) is 26.0. The lowest BCUT2D eigenvalue weighted by atomic mass is 9.93. The molecule has 10 heteroatoms. The number of benzene rings is 3. The summed E-state index contributed by atoms with van der Waals surface area (Å²) in [5, 5.41) is 5.98. The highest BCUT2D eigenvalue weighted by atomic mass is 16.6. The highest BCUT2D eigenvalue weighted by Gasteiger charge is 2.38. The number of amides is 3. The molecule has 1 unspecified atom stereocenters. The summed E-state index contributed by atoms with van der Waals surface area (Å²) in [4.78, 5) is 49.1. The lowest BCUT2D eigenvalue weighted by molar-refractivity contribution is -0.128. The molecule has 0 aliphatic carbocycles. The van der Waals surface area contributed by atoms with Crippen molar-refractivity contribution in [1.82, 2.24) is 25.5 Å². The van der Waals surface area contributed by atoms with Crippen LogP contribution in [0.1, 0.15) is 68.6 Å². The largest absolute Gasteiger partial charge is 0.445 e. The molecule has 3 aromatic carbocycles. The van der Waals surface area contributed by atoms with Gasteiger partial charge in [0.2, 0.25) is 5.91 Å². The molecular weight excluding hydrogens is 570 g/mol. The van der Waals surface area contributed by atoms with Crippen LogP contribution in [0, 0.1) is 0 Å². The van der Waals surface area contributed by atoms with Gasteiger partial charge in [0.05, 0.1) is 23.6 Å². The van der Waals surface area contributed by atoms with Crippen LogP contribution in [0.3, 0.4) is 0 Å². The Labute approximate surface area is 263 Å². The molecule has 4 aromatic rings. The van der Waals surface area contributed by atoms with E-state index in [4.69, 9.17) is 14.5 Å². The SMILES string of the molecule is CC(C)(C)OC(=O)N1Cc2ccccc2CC1C(=O)N[C@H](CCCCNC(=O)OCc1ccccc1)c1nc2ccccc2[nH]1. The van der Waals surface area contributed by atoms with Gasteiger partial charge in [-0.05, 0) is 68.9 Å². The van der Waals surface area contributed by atoms with Gasteiger partial charge < -0.3 is 25.1 Å². The molecule has 5 rings (SSSR count). The molecule has 0 spiro atoms. The zero-order chi connectivity index (χ0) is 31.8. The Balaban J connectivity index is 1.25. The monoisotopic (exact) mass is 611 g/mol. The fraction of sp³-hybridized carbons (Fsp3) is 0.371. The number of carbonyl (C=O) groups excluding carboxylic acids is 3. The van der Waals surface area contributed by atoms with E-state index >= 15 is 0 Å². The summed E-state index contributed by atoms with van der Waals surface area (Å²) in [5.41, 5.74) is 3.92. The minimum absolute atomic E-state index is 0.207. The maximum Gasteiger partial charge on any atom is 0.411 e. The maximum absolute atomic E-state index is 14.0. The lowest BCUT2D eigenvalue weighted by Crippen LogP contribution is -2.54. The number of imidazole rings is 1. The standard InChI is InChI=1S/C35H41N5O5/c1-35(2,3)45-34(43)40-22-26-16-8-7-15-25(26)21-30(40)32(41)39-29(31-37-27-17-9-10-18-28(27)38-31)19-11-12-20-36-33(42)44-23-24-13-5-4-6-14-24/h4-10,13-18,29-30H,11-12,19-23H2,1-3H3,(H,36,42)(H,37,38)(H,39,41)/t29-,30?/m1/s1. The van der Waals surface area contributed by atoms with Gasteiger partial charge in [0.1, 0.15) is 24.1 Å². The number of fused-ring (bicyclic) bond motifs is 2. The molecule has 0 fully saturated rings. The zero-order valence-corrected chi connectivity index (χ0v) is 26.0. The molecule has 45 heavy (non-hydrogen) atoms. The van der Waals surface area contributed by atoms with E-state index in [1.165, 1.54) is 4.90 Å². The van der Waals surface area contributed by atoms with Crippen LogP contribution in [0.25, 0.3) is 11.0 Å². The van der Waals surface area contributed by atoms with Gasteiger partial charge in [-0.1, -0.05) is 66.7 Å². The summed E-state index contributed by atoms with van der Waals surface area (Å²) in [6.45, 7) is 6.36. The summed E-state index contributed by atoms with van der Waals surface area (Å²) >= 11 is 0. The lowest BCUT2D eigenvalue weighted by Gasteiger charge is -2.37. The molecule has 1 aliphatic rings. The molecule has 10 nitrogen and oxygen atoms in total. The quantitative estimate of drug-likeness (QED) is 0.184. The number of H-pyrrole nitrogens is 1. The number of ether oxygens (including phenoxy) is 2. The highest BCUT2D eigenvalue weighted by Crippen LogP contribution is 2.27. The Morgan fingerprint density at radius 2 is 1.67 bits per heavy atom. The fourth-order valence-corrected chi connectivity index (χ4v) is 5.39. The van der Waals surface area contributed by atoms with Gasteiger partial charge in [0.25, 0.3) is 0 Å². The van der Waals surface area contributed by atoms with Crippen LogP contribution in [0.4, 0.5) is 9.59 Å². The van der Waals surface area contributed by atoms with Crippen LogP contribution in [-0.4, -0.2) is 51.1 Å². The summed E-state index contributed by atoms with van der Waals surface area (Å²) in [6.07, 6.45) is 1.33. The van der Waals surface area contributed by atoms with E-state index in [1.807, 2.05) is 99.6 Å². The first-order chi connectivity index (χ1) is 21.7. The number of unbranched alkanes of at least 4 members (excludes halogenated alkanes) is 1. The van der Waals surface area contributed by atoms with Crippen LogP contribution in [-0.2, 0) is 33.8 Å². The molecule has 2 heterocycles. The third-order valence-electron chi connectivity index (χ3n) is 7.64. The van der Waals surface area contributed by atoms with E-state index in [9.17, 15) is 14.4 Å². The second-order valence-electron chi connectivity index (χ2n) is 12.3. The molecule has 3 N–H and O–H groups in total. The van der Waals surface area contributed by atoms with Crippen molar-refractivity contribution < 1.29 is 23.9 Å². The van der Waals surface area contributed by atoms with E-state index < -0.39 is 29.9 Å². The van der Waals surface area contributed by atoms with Gasteiger partial charge >= 0.3 is 12.2 Å². The van der Waals surface area contributed by atoms with Crippen molar-refractivity contribution in [2.24, 2.45) is 0 Å². The van der Waals surface area contributed by atoms with Crippen molar-refractivity contribution in [1.29, 1.82) is 0 Å². The van der Waals surface area contributed by atoms with Crippen LogP contribution in [0.15, 0.2) is 78.9 Å². The number of aromatic amines is 1. The van der Waals surface area contributed by atoms with Crippen LogP contribution < -0.4 is 10.6 Å². The number of rotatable bonds is 10. The third-order valence-corrected chi connectivity index (χ3v) is 7.64. The second kappa shape index (κ2) is 14.3. The third kappa shape index (κ3) is 8.62. The second-order valence-corrected chi connectivity index (χ2v) is 12.3. The smallest absolute Gasteiger partial charge is 0.411 e. The van der Waals surface area contributed by atoms with Crippen LogP contribution >= 0.6 is 0 Å². The number of aromatic nitrogens is 2. The molecule has 236 valence electrons. The molecule has 0 radical (unpaired) electrons. The molecule has 1 aromatic heterocycles. The van der Waals surface area contributed by atoms with Crippen molar-refractivity contribution in [3.05, 3.63) is 101 Å². The van der Waals surface area contributed by atoms with Gasteiger partial charge in [-0.15, -0.1) is 0 Å². The normalized spacial score (nSPS) is 15.2. The topological polar surface area (TPSA) is 126 Å². The van der Waals surface area contributed by atoms with E-state index in [0.29, 0.717) is 38.1 Å². The van der Waals surface area contributed by atoms with Crippen molar-refractivity contribution in [2.45, 2.75) is 77.3 Å². The van der Waals surface area contributed by atoms with E-state index in [-0.39, 0.29) is 19.1 Å². The van der Waals surface area contributed by atoms with Crippen LogP contribution in [0.2, 0.25) is 0 Å². The number of nitrogens with one attached hydrogen (secondary N) is 3. The Kier molecular flexibility index (Phi) is 10.0. The minimum atomic E-state index is -0.748. The fourth-order valence-electron chi connectivity index (χ4n) is 5.39. The molecule has 0 bridgehead atoms. The molecular formula is C35H41N5O5. The number of hydrogen-bond donors (Lipinski definition) is 3. The summed E-state index contributed by atoms with van der Waals surface area (Å²) < 4.78 is 11.0. The van der Waals surface area contributed by atoms with Crippen molar-refractivity contribution >= 4 is 29.1 Å². The van der Waals surface area contributed by atoms with Gasteiger partial charge in [0, 0.05) is 13.0 Å². The highest BCUT2D eigenvalue weighted by molar-refractivity contribution is 5.87. The summed E-state index contributed by atoms with van der Waals surface area (Å²) in [5.74, 6) is 0.364. The van der Waals surface area contributed by atoms with E-state index in [0.717, 1.165) is 27.7 Å². The Hall–Kier alpha value is -4.86. The molecule has 1 aliphatic heterocycles. The molecule has 2 atom stereocenters. The first kappa shape index (κ1) is 31.6. The van der Waals surface area contributed by atoms with Crippen molar-refractivity contribution in [2.75, 3.05) is 6.54 Å². The average Bonchev–Trinajstić information content (AvgIpc) is 3.46. The molecule has 0 saturated carbocycles. The van der Waals surface area contributed by atoms with Crippen LogP contribution in [0.5, 0.6) is 0 Å². The number of carbonyl (C=O) groups is 3. The first-order valence-electron chi connectivity index (χ1n) is 15.4. The van der Waals surface area contributed by atoms with Gasteiger partial charge in [-0.2, -0.15) is 0 Å². The van der Waals surface area contributed by atoms with Crippen molar-refractivity contribution in [3.63, 3.8) is 0 Å². The van der Waals surface area contributed by atoms with Gasteiger partial charge in [0.15, 0.2) is 0 Å². The number of alkyl carbamates (subject to hydrolysis) is 1. The van der Waals surface area contributed by atoms with Gasteiger partial charge in [-0.3, -0.25) is 9.69 Å². The predicted octanol–water partition coefficient (Wildman–Crippen LogP) is 6.18. The Morgan fingerprint density at radius 1 is 0.956 bits per heavy atom. The summed E-state index contributed by atoms with van der Waals surface area (Å²) in [7, 11) is 0. The minimum Gasteiger partial charge on any atom is -0.445 e. The number of hydrogen-bond acceptors (Lipinski definition) is 6. The van der Waals surface area contributed by atoms with Crippen molar-refractivity contribution in [3.8, 4) is 0 Å². The first-order valence-corrected chi connectivity index (χ1v) is 15.4. The van der Waals surface area contributed by atoms with E-state index in [2.05, 4.69) is 15.6 Å². The predicted molar refractivity (Wildman–Crippen MR) is 171 cm³/mol.